The third-order valence-electron chi connectivity index (χ3n) is 3.88. The normalized spacial score (nSPS) is 21.5. The lowest BCUT2D eigenvalue weighted by atomic mass is 9.76. The van der Waals surface area contributed by atoms with Crippen LogP contribution >= 0.6 is 0 Å². The van der Waals surface area contributed by atoms with Crippen LogP contribution in [0.4, 0.5) is 5.69 Å². The largest absolute Gasteiger partial charge is 0.495 e. The molecule has 2 aromatic rings. The summed E-state index contributed by atoms with van der Waals surface area (Å²) in [6.07, 6.45) is 2.39. The van der Waals surface area contributed by atoms with Crippen LogP contribution in [0.2, 0.25) is 0 Å². The molecule has 1 N–H and O–H groups in total. The van der Waals surface area contributed by atoms with Crippen LogP contribution in [0.1, 0.15) is 24.3 Å². The Morgan fingerprint density at radius 1 is 0.947 bits per heavy atom. The van der Waals surface area contributed by atoms with Crippen LogP contribution in [0.15, 0.2) is 54.6 Å². The van der Waals surface area contributed by atoms with Crippen molar-refractivity contribution in [1.82, 2.24) is 0 Å². The van der Waals surface area contributed by atoms with Crippen LogP contribution in [0.3, 0.4) is 0 Å². The lowest BCUT2D eigenvalue weighted by molar-refractivity contribution is 0.370. The quantitative estimate of drug-likeness (QED) is 0.887. The minimum Gasteiger partial charge on any atom is -0.495 e. The molecule has 3 rings (SSSR count). The molecule has 0 heterocycles. The van der Waals surface area contributed by atoms with Gasteiger partial charge in [0, 0.05) is 6.04 Å². The predicted octanol–water partition coefficient (Wildman–Crippen LogP) is 4.05. The second kappa shape index (κ2) is 5.35. The van der Waals surface area contributed by atoms with Gasteiger partial charge in [0.1, 0.15) is 5.75 Å². The Labute approximate surface area is 114 Å². The second-order valence-corrected chi connectivity index (χ2v) is 5.12. The highest BCUT2D eigenvalue weighted by atomic mass is 16.5. The Morgan fingerprint density at radius 3 is 2.37 bits per heavy atom. The Balaban J connectivity index is 1.60. The zero-order chi connectivity index (χ0) is 13.1. The number of hydrogen-bond acceptors (Lipinski definition) is 2. The highest BCUT2D eigenvalue weighted by molar-refractivity contribution is 5.57. The van der Waals surface area contributed by atoms with Gasteiger partial charge in [-0.1, -0.05) is 42.5 Å². The average Bonchev–Trinajstić information content (AvgIpc) is 2.43. The Hall–Kier alpha value is -1.96. The maximum absolute atomic E-state index is 5.36. The maximum Gasteiger partial charge on any atom is 0.141 e. The maximum atomic E-state index is 5.36. The van der Waals surface area contributed by atoms with E-state index in [2.05, 4.69) is 41.7 Å². The highest BCUT2D eigenvalue weighted by Crippen LogP contribution is 2.39. The van der Waals surface area contributed by atoms with Gasteiger partial charge >= 0.3 is 0 Å². The first kappa shape index (κ1) is 12.1. The van der Waals surface area contributed by atoms with E-state index in [4.69, 9.17) is 4.74 Å². The van der Waals surface area contributed by atoms with Crippen molar-refractivity contribution >= 4 is 5.69 Å². The van der Waals surface area contributed by atoms with Gasteiger partial charge in [0.15, 0.2) is 0 Å². The van der Waals surface area contributed by atoms with Crippen molar-refractivity contribution in [3.8, 4) is 5.75 Å². The fourth-order valence-electron chi connectivity index (χ4n) is 2.72. The van der Waals surface area contributed by atoms with Crippen LogP contribution in [0, 0.1) is 0 Å². The molecule has 1 saturated carbocycles. The molecule has 98 valence electrons. The number of nitrogens with one attached hydrogen (secondary N) is 1. The van der Waals surface area contributed by atoms with Crippen LogP contribution < -0.4 is 10.1 Å². The summed E-state index contributed by atoms with van der Waals surface area (Å²) in [5.74, 6) is 1.62. The van der Waals surface area contributed by atoms with E-state index in [9.17, 15) is 0 Å². The van der Waals surface area contributed by atoms with E-state index in [0.717, 1.165) is 11.4 Å². The van der Waals surface area contributed by atoms with E-state index in [1.165, 1.54) is 18.4 Å². The third-order valence-corrected chi connectivity index (χ3v) is 3.88. The molecular formula is C17H19NO. The van der Waals surface area contributed by atoms with Crippen molar-refractivity contribution in [2.24, 2.45) is 0 Å². The molecule has 2 nitrogen and oxygen atoms in total. The Kier molecular flexibility index (Phi) is 3.41. The number of rotatable bonds is 4. The first-order valence-corrected chi connectivity index (χ1v) is 6.81. The highest BCUT2D eigenvalue weighted by Gasteiger charge is 2.30. The molecule has 0 radical (unpaired) electrons. The van der Waals surface area contributed by atoms with Gasteiger partial charge in [-0.2, -0.15) is 0 Å². The van der Waals surface area contributed by atoms with E-state index in [0.29, 0.717) is 12.0 Å². The number of para-hydroxylation sites is 2. The number of hydrogen-bond donors (Lipinski definition) is 1. The van der Waals surface area contributed by atoms with Gasteiger partial charge in [0.05, 0.1) is 12.8 Å². The zero-order valence-electron chi connectivity index (χ0n) is 11.2. The molecule has 0 amide bonds. The summed E-state index contributed by atoms with van der Waals surface area (Å²) in [5, 5.41) is 3.57. The van der Waals surface area contributed by atoms with Crippen molar-refractivity contribution in [3.63, 3.8) is 0 Å². The van der Waals surface area contributed by atoms with E-state index in [1.54, 1.807) is 7.11 Å². The summed E-state index contributed by atoms with van der Waals surface area (Å²) in [5.41, 5.74) is 2.56. The van der Waals surface area contributed by atoms with Crippen molar-refractivity contribution in [3.05, 3.63) is 60.2 Å². The molecule has 0 unspecified atom stereocenters. The first-order chi connectivity index (χ1) is 9.36. The van der Waals surface area contributed by atoms with Gasteiger partial charge in [-0.15, -0.1) is 0 Å². The van der Waals surface area contributed by atoms with Crippen molar-refractivity contribution in [1.29, 1.82) is 0 Å². The average molecular weight is 253 g/mol. The van der Waals surface area contributed by atoms with Crippen LogP contribution in [-0.4, -0.2) is 13.2 Å². The van der Waals surface area contributed by atoms with E-state index in [-0.39, 0.29) is 0 Å². The number of ether oxygens (including phenoxy) is 1. The molecular weight excluding hydrogens is 234 g/mol. The number of anilines is 1. The van der Waals surface area contributed by atoms with Crippen LogP contribution in [0.5, 0.6) is 5.75 Å². The summed E-state index contributed by atoms with van der Waals surface area (Å²) >= 11 is 0. The molecule has 0 atom stereocenters. The zero-order valence-corrected chi connectivity index (χ0v) is 11.2. The van der Waals surface area contributed by atoms with Gasteiger partial charge < -0.3 is 10.1 Å². The molecule has 1 fully saturated rings. The van der Waals surface area contributed by atoms with Gasteiger partial charge in [-0.3, -0.25) is 0 Å². The van der Waals surface area contributed by atoms with Gasteiger partial charge in [-0.25, -0.2) is 0 Å². The van der Waals surface area contributed by atoms with E-state index in [1.807, 2.05) is 18.2 Å². The fourth-order valence-corrected chi connectivity index (χ4v) is 2.72. The Bertz CT molecular complexity index is 532. The summed E-state index contributed by atoms with van der Waals surface area (Å²) in [6, 6.07) is 19.4. The first-order valence-electron chi connectivity index (χ1n) is 6.81. The predicted molar refractivity (Wildman–Crippen MR) is 78.8 cm³/mol. The minimum absolute atomic E-state index is 0.557. The lowest BCUT2D eigenvalue weighted by Crippen LogP contribution is -2.34. The third kappa shape index (κ3) is 2.58. The summed E-state index contributed by atoms with van der Waals surface area (Å²) in [7, 11) is 1.72. The topological polar surface area (TPSA) is 21.3 Å². The molecule has 1 aliphatic carbocycles. The molecule has 0 aliphatic heterocycles. The molecule has 19 heavy (non-hydrogen) atoms. The monoisotopic (exact) mass is 253 g/mol. The van der Waals surface area contributed by atoms with Crippen molar-refractivity contribution in [2.45, 2.75) is 24.8 Å². The van der Waals surface area contributed by atoms with Crippen LogP contribution in [0.25, 0.3) is 0 Å². The van der Waals surface area contributed by atoms with Crippen molar-refractivity contribution in [2.75, 3.05) is 12.4 Å². The lowest BCUT2D eigenvalue weighted by Gasteiger charge is -2.37. The molecule has 0 spiro atoms. The molecule has 1 aliphatic rings. The summed E-state index contributed by atoms with van der Waals surface area (Å²) in [4.78, 5) is 0. The molecule has 0 saturated heterocycles. The fraction of sp³-hybridized carbons (Fsp3) is 0.294. The molecule has 2 heteroatoms. The standard InChI is InChI=1S/C17H19NO/c1-19-17-10-6-5-9-16(17)18-15-11-14(12-15)13-7-3-2-4-8-13/h2-10,14-15,18H,11-12H2,1H3. The van der Waals surface area contributed by atoms with Gasteiger partial charge in [-0.05, 0) is 36.5 Å². The Morgan fingerprint density at radius 2 is 1.63 bits per heavy atom. The molecule has 0 bridgehead atoms. The van der Waals surface area contributed by atoms with Crippen molar-refractivity contribution < 1.29 is 4.74 Å². The molecule has 2 aromatic carbocycles. The summed E-state index contributed by atoms with van der Waals surface area (Å²) in [6.45, 7) is 0. The van der Waals surface area contributed by atoms with E-state index >= 15 is 0 Å². The smallest absolute Gasteiger partial charge is 0.141 e. The van der Waals surface area contributed by atoms with Gasteiger partial charge in [0.2, 0.25) is 0 Å². The number of benzene rings is 2. The number of methoxy groups -OCH3 is 1. The van der Waals surface area contributed by atoms with Crippen LogP contribution in [-0.2, 0) is 0 Å². The molecule has 0 aromatic heterocycles. The second-order valence-electron chi connectivity index (χ2n) is 5.12. The SMILES string of the molecule is COc1ccccc1NC1CC(c2ccccc2)C1. The minimum atomic E-state index is 0.557. The van der Waals surface area contributed by atoms with Gasteiger partial charge in [0.25, 0.3) is 0 Å². The van der Waals surface area contributed by atoms with E-state index < -0.39 is 0 Å². The summed E-state index contributed by atoms with van der Waals surface area (Å²) < 4.78 is 5.36.